The van der Waals surface area contributed by atoms with Crippen LogP contribution in [0.1, 0.15) is 0 Å². The molecule has 1 aromatic carbocycles. The van der Waals surface area contributed by atoms with Crippen LogP contribution in [0.5, 0.6) is 0 Å². The molecule has 0 aliphatic rings. The van der Waals surface area contributed by atoms with Crippen molar-refractivity contribution in [3.05, 3.63) is 48.5 Å². The lowest BCUT2D eigenvalue weighted by atomic mass is 10.2. The number of aryl methyl sites for hydroxylation is 1. The van der Waals surface area contributed by atoms with Crippen molar-refractivity contribution in [2.24, 2.45) is 7.05 Å². The predicted molar refractivity (Wildman–Crippen MR) is 80.1 cm³/mol. The minimum Gasteiger partial charge on any atom is -0.332 e. The van der Waals surface area contributed by atoms with Crippen LogP contribution >= 0.6 is 27.5 Å². The highest BCUT2D eigenvalue weighted by Gasteiger charge is 2.14. The maximum Gasteiger partial charge on any atom is 0.329 e. The number of aromatic amines is 2. The van der Waals surface area contributed by atoms with Gasteiger partial charge in [0.05, 0.1) is 0 Å². The molecule has 20 heavy (non-hydrogen) atoms. The molecule has 0 amide bonds. The maximum atomic E-state index is 11.8. The van der Waals surface area contributed by atoms with Gasteiger partial charge in [-0.15, -0.1) is 0 Å². The normalized spacial score (nSPS) is 11.2. The van der Waals surface area contributed by atoms with Gasteiger partial charge < -0.3 is 4.98 Å². The van der Waals surface area contributed by atoms with Gasteiger partial charge in [-0.3, -0.25) is 14.3 Å². The molecule has 0 aliphatic carbocycles. The topological polar surface area (TPSA) is 83.5 Å². The van der Waals surface area contributed by atoms with Gasteiger partial charge in [0, 0.05) is 22.1 Å². The van der Waals surface area contributed by atoms with Gasteiger partial charge in [-0.25, -0.2) is 9.78 Å². The van der Waals surface area contributed by atoms with E-state index in [4.69, 9.17) is 11.6 Å². The van der Waals surface area contributed by atoms with Gasteiger partial charge >= 0.3 is 5.69 Å². The number of fused-ring (bicyclic) bond motifs is 1. The average molecular weight is 356 g/mol. The molecule has 2 heterocycles. The van der Waals surface area contributed by atoms with E-state index >= 15 is 0 Å². The molecular weight excluding hydrogens is 348 g/mol. The maximum absolute atomic E-state index is 11.8. The van der Waals surface area contributed by atoms with Gasteiger partial charge in [0.2, 0.25) is 0 Å². The fraction of sp³-hybridized carbons (Fsp3) is 0.0833. The molecule has 0 atom stereocenters. The molecule has 3 aromatic rings. The van der Waals surface area contributed by atoms with E-state index in [0.29, 0.717) is 22.1 Å². The first-order valence-corrected chi connectivity index (χ1v) is 6.79. The van der Waals surface area contributed by atoms with Crippen LogP contribution < -0.4 is 11.2 Å². The van der Waals surface area contributed by atoms with Crippen LogP contribution in [0, 0.1) is 0 Å². The first-order chi connectivity index (χ1) is 9.47. The summed E-state index contributed by atoms with van der Waals surface area (Å²) >= 11 is 9.37. The number of aromatic nitrogens is 4. The van der Waals surface area contributed by atoms with E-state index in [-0.39, 0.29) is 5.52 Å². The van der Waals surface area contributed by atoms with Crippen molar-refractivity contribution in [2.45, 2.75) is 0 Å². The summed E-state index contributed by atoms with van der Waals surface area (Å²) in [5.41, 5.74) is 0.237. The van der Waals surface area contributed by atoms with Crippen molar-refractivity contribution in [2.75, 3.05) is 0 Å². The van der Waals surface area contributed by atoms with Crippen molar-refractivity contribution in [1.29, 1.82) is 0 Å². The molecule has 2 N–H and O–H groups in total. The lowest BCUT2D eigenvalue weighted by Crippen LogP contribution is -2.28. The van der Waals surface area contributed by atoms with Crippen molar-refractivity contribution >= 4 is 38.7 Å². The molecular formula is C12H8BrClN4O2. The van der Waals surface area contributed by atoms with Crippen molar-refractivity contribution in [3.8, 4) is 11.4 Å². The van der Waals surface area contributed by atoms with E-state index in [2.05, 4.69) is 30.9 Å². The quantitative estimate of drug-likeness (QED) is 0.700. The Morgan fingerprint density at radius 3 is 2.80 bits per heavy atom. The molecule has 0 bridgehead atoms. The molecule has 3 rings (SSSR count). The Kier molecular flexibility index (Phi) is 3.02. The zero-order valence-corrected chi connectivity index (χ0v) is 12.5. The van der Waals surface area contributed by atoms with Gasteiger partial charge in [-0.05, 0) is 18.2 Å². The summed E-state index contributed by atoms with van der Waals surface area (Å²) in [5, 5.41) is 0.548. The van der Waals surface area contributed by atoms with Crippen LogP contribution in [-0.4, -0.2) is 19.5 Å². The number of halogens is 2. The molecule has 0 aliphatic heterocycles. The Bertz CT molecular complexity index is 941. The summed E-state index contributed by atoms with van der Waals surface area (Å²) in [6.45, 7) is 0. The number of hydrogen-bond acceptors (Lipinski definition) is 3. The minimum absolute atomic E-state index is 0.244. The molecule has 0 spiro atoms. The van der Waals surface area contributed by atoms with Gasteiger partial charge in [0.1, 0.15) is 11.3 Å². The summed E-state index contributed by atoms with van der Waals surface area (Å²) in [6, 6.07) is 5.24. The standard InChI is InChI=1S/C12H8BrClN4O2/c1-18-10-8(11(19)17-12(18)20)15-9(16-10)6-4-5(14)2-3-7(6)13/h2-4H,1H3,(H,15,16)(H,17,19,20). The highest BCUT2D eigenvalue weighted by atomic mass is 79.9. The monoisotopic (exact) mass is 354 g/mol. The average Bonchev–Trinajstić information content (AvgIpc) is 2.84. The van der Waals surface area contributed by atoms with E-state index in [0.717, 1.165) is 4.47 Å². The molecule has 0 radical (unpaired) electrons. The third-order valence-corrected chi connectivity index (χ3v) is 3.86. The molecule has 102 valence electrons. The van der Waals surface area contributed by atoms with Crippen LogP contribution in [0.4, 0.5) is 0 Å². The number of nitrogens with zero attached hydrogens (tertiary/aromatic N) is 2. The largest absolute Gasteiger partial charge is 0.332 e. The van der Waals surface area contributed by atoms with Crippen LogP contribution in [-0.2, 0) is 7.05 Å². The Labute approximate surface area is 125 Å². The van der Waals surface area contributed by atoms with Crippen LogP contribution in [0.15, 0.2) is 32.3 Å². The third-order valence-electron chi connectivity index (χ3n) is 2.94. The lowest BCUT2D eigenvalue weighted by molar-refractivity contribution is 0.832. The smallest absolute Gasteiger partial charge is 0.329 e. The highest BCUT2D eigenvalue weighted by Crippen LogP contribution is 2.29. The first kappa shape index (κ1) is 13.1. The summed E-state index contributed by atoms with van der Waals surface area (Å²) < 4.78 is 2.05. The minimum atomic E-state index is -0.509. The summed E-state index contributed by atoms with van der Waals surface area (Å²) in [4.78, 5) is 32.7. The van der Waals surface area contributed by atoms with E-state index in [1.807, 2.05) is 0 Å². The Balaban J connectivity index is 2.37. The third kappa shape index (κ3) is 1.99. The Morgan fingerprint density at radius 1 is 1.30 bits per heavy atom. The van der Waals surface area contributed by atoms with Gasteiger partial charge in [0.15, 0.2) is 5.65 Å². The van der Waals surface area contributed by atoms with Crippen LogP contribution in [0.25, 0.3) is 22.6 Å². The van der Waals surface area contributed by atoms with Gasteiger partial charge in [-0.1, -0.05) is 27.5 Å². The zero-order valence-electron chi connectivity index (χ0n) is 10.2. The van der Waals surface area contributed by atoms with Crippen molar-refractivity contribution in [3.63, 3.8) is 0 Å². The molecule has 0 unspecified atom stereocenters. The first-order valence-electron chi connectivity index (χ1n) is 5.62. The van der Waals surface area contributed by atoms with Crippen molar-refractivity contribution in [1.82, 2.24) is 19.5 Å². The second kappa shape index (κ2) is 4.60. The van der Waals surface area contributed by atoms with Gasteiger partial charge in [-0.2, -0.15) is 0 Å². The van der Waals surface area contributed by atoms with E-state index in [9.17, 15) is 9.59 Å². The summed E-state index contributed by atoms with van der Waals surface area (Å²) in [6.07, 6.45) is 0. The fourth-order valence-corrected chi connectivity index (χ4v) is 2.52. The predicted octanol–water partition coefficient (Wildman–Crippen LogP) is 2.03. The molecule has 0 saturated carbocycles. The molecule has 0 saturated heterocycles. The van der Waals surface area contributed by atoms with Crippen LogP contribution in [0.3, 0.4) is 0 Å². The number of hydrogen-bond donors (Lipinski definition) is 2. The zero-order chi connectivity index (χ0) is 14.4. The van der Waals surface area contributed by atoms with E-state index in [1.54, 1.807) is 18.2 Å². The number of imidazole rings is 1. The number of rotatable bonds is 1. The summed E-state index contributed by atoms with van der Waals surface area (Å²) in [5.74, 6) is 0.459. The summed E-state index contributed by atoms with van der Waals surface area (Å²) in [7, 11) is 1.54. The molecule has 6 nitrogen and oxygen atoms in total. The molecule has 8 heteroatoms. The Morgan fingerprint density at radius 2 is 2.05 bits per heavy atom. The lowest BCUT2D eigenvalue weighted by Gasteiger charge is -2.00. The number of nitrogens with one attached hydrogen (secondary N) is 2. The van der Waals surface area contributed by atoms with E-state index in [1.165, 1.54) is 11.6 Å². The molecule has 0 fully saturated rings. The molecule has 2 aromatic heterocycles. The van der Waals surface area contributed by atoms with E-state index < -0.39 is 11.2 Å². The highest BCUT2D eigenvalue weighted by molar-refractivity contribution is 9.10. The van der Waals surface area contributed by atoms with Crippen molar-refractivity contribution < 1.29 is 0 Å². The number of benzene rings is 1. The number of H-pyrrole nitrogens is 2. The SMILES string of the molecule is Cn1c(=O)[nH]c(=O)c2[nH]c(-c3cc(Cl)ccc3Br)nc21. The fourth-order valence-electron chi connectivity index (χ4n) is 1.91. The second-order valence-electron chi connectivity index (χ2n) is 4.23. The Hall–Kier alpha value is -1.86. The van der Waals surface area contributed by atoms with Crippen LogP contribution in [0.2, 0.25) is 5.02 Å². The second-order valence-corrected chi connectivity index (χ2v) is 5.52. The van der Waals surface area contributed by atoms with Gasteiger partial charge in [0.25, 0.3) is 5.56 Å².